The van der Waals surface area contributed by atoms with E-state index in [2.05, 4.69) is 5.32 Å². The standard InChI is InChI=1S/C33H35N3O5S/c1-3-34-33(38)26(2)35(24-23-27-13-7-4-8-14-27)32(37)25-36(42(39,40)31-17-11-6-12-18-31)28-19-21-30(22-20-28)41-29-15-9-5-10-16-29/h4-22,26H,3,23-25H2,1-2H3,(H,34,38)/t26-/m1/s1. The van der Waals surface area contributed by atoms with Crippen LogP contribution in [0.15, 0.2) is 120 Å². The molecular weight excluding hydrogens is 550 g/mol. The van der Waals surface area contributed by atoms with E-state index in [9.17, 15) is 18.0 Å². The van der Waals surface area contributed by atoms with Crippen molar-refractivity contribution in [2.75, 3.05) is 23.9 Å². The maximum Gasteiger partial charge on any atom is 0.264 e. The summed E-state index contributed by atoms with van der Waals surface area (Å²) in [5, 5.41) is 2.77. The predicted octanol–water partition coefficient (Wildman–Crippen LogP) is 5.27. The monoisotopic (exact) mass is 585 g/mol. The first-order valence-electron chi connectivity index (χ1n) is 13.8. The zero-order chi connectivity index (χ0) is 30.0. The molecule has 0 spiro atoms. The van der Waals surface area contributed by atoms with E-state index in [1.165, 1.54) is 17.0 Å². The summed E-state index contributed by atoms with van der Waals surface area (Å²) in [5.41, 5.74) is 1.29. The van der Waals surface area contributed by atoms with Crippen LogP contribution in [0.2, 0.25) is 0 Å². The highest BCUT2D eigenvalue weighted by atomic mass is 32.2. The third kappa shape index (κ3) is 7.76. The summed E-state index contributed by atoms with van der Waals surface area (Å²) in [7, 11) is -4.13. The summed E-state index contributed by atoms with van der Waals surface area (Å²) in [4.78, 5) is 28.2. The number of likely N-dealkylation sites (N-methyl/N-ethyl adjacent to an activating group) is 1. The van der Waals surface area contributed by atoms with Crippen molar-refractivity contribution < 1.29 is 22.7 Å². The van der Waals surface area contributed by atoms with Gasteiger partial charge in [0.1, 0.15) is 24.1 Å². The normalized spacial score (nSPS) is 11.8. The Hall–Kier alpha value is -4.63. The molecule has 2 amide bonds. The van der Waals surface area contributed by atoms with Crippen molar-refractivity contribution in [2.24, 2.45) is 0 Å². The highest BCUT2D eigenvalue weighted by Crippen LogP contribution is 2.28. The lowest BCUT2D eigenvalue weighted by atomic mass is 10.1. The van der Waals surface area contributed by atoms with Gasteiger partial charge in [-0.3, -0.25) is 13.9 Å². The number of nitrogens with zero attached hydrogens (tertiary/aromatic N) is 2. The fraction of sp³-hybridized carbons (Fsp3) is 0.212. The van der Waals surface area contributed by atoms with Crippen LogP contribution in [0.4, 0.5) is 5.69 Å². The number of nitrogens with one attached hydrogen (secondary N) is 1. The summed E-state index contributed by atoms with van der Waals surface area (Å²) < 4.78 is 34.7. The maximum absolute atomic E-state index is 13.9. The van der Waals surface area contributed by atoms with Gasteiger partial charge in [0.05, 0.1) is 10.6 Å². The summed E-state index contributed by atoms with van der Waals surface area (Å²) in [5.74, 6) is 0.359. The first kappa shape index (κ1) is 30.3. The lowest BCUT2D eigenvalue weighted by molar-refractivity contribution is -0.138. The van der Waals surface area contributed by atoms with Crippen molar-refractivity contribution >= 4 is 27.5 Å². The Bertz CT molecular complexity index is 1550. The minimum absolute atomic E-state index is 0.0509. The summed E-state index contributed by atoms with van der Waals surface area (Å²) in [6, 6.07) is 32.6. The van der Waals surface area contributed by atoms with Gasteiger partial charge in [0, 0.05) is 13.1 Å². The molecule has 1 atom stereocenters. The van der Waals surface area contributed by atoms with E-state index in [0.29, 0.717) is 30.2 Å². The summed E-state index contributed by atoms with van der Waals surface area (Å²) >= 11 is 0. The Kier molecular flexibility index (Phi) is 10.3. The van der Waals surface area contributed by atoms with Gasteiger partial charge in [-0.05, 0) is 74.4 Å². The van der Waals surface area contributed by atoms with Gasteiger partial charge in [0.25, 0.3) is 10.0 Å². The quantitative estimate of drug-likeness (QED) is 0.231. The number of amides is 2. The minimum atomic E-state index is -4.13. The van der Waals surface area contributed by atoms with Gasteiger partial charge in [-0.25, -0.2) is 8.42 Å². The van der Waals surface area contributed by atoms with Crippen LogP contribution in [0.1, 0.15) is 19.4 Å². The number of sulfonamides is 1. The van der Waals surface area contributed by atoms with Gasteiger partial charge in [0.15, 0.2) is 0 Å². The molecule has 0 heterocycles. The third-order valence-corrected chi connectivity index (χ3v) is 8.50. The van der Waals surface area contributed by atoms with Crippen molar-refractivity contribution in [1.29, 1.82) is 0 Å². The summed E-state index contributed by atoms with van der Waals surface area (Å²) in [6.45, 7) is 3.62. The molecule has 4 aromatic carbocycles. The molecule has 0 aromatic heterocycles. The lowest BCUT2D eigenvalue weighted by Crippen LogP contribution is -2.52. The van der Waals surface area contributed by atoms with Crippen molar-refractivity contribution in [3.05, 3.63) is 121 Å². The molecular formula is C33H35N3O5S. The van der Waals surface area contributed by atoms with Gasteiger partial charge >= 0.3 is 0 Å². The van der Waals surface area contributed by atoms with Crippen LogP contribution in [0.25, 0.3) is 0 Å². The Labute approximate surface area is 247 Å². The number of carbonyl (C=O) groups is 2. The minimum Gasteiger partial charge on any atom is -0.457 e. The first-order valence-corrected chi connectivity index (χ1v) is 15.3. The molecule has 0 aliphatic heterocycles. The second-order valence-electron chi connectivity index (χ2n) is 9.63. The van der Waals surface area contributed by atoms with E-state index < -0.39 is 28.5 Å². The zero-order valence-electron chi connectivity index (χ0n) is 23.7. The van der Waals surface area contributed by atoms with Crippen molar-refractivity contribution in [3.63, 3.8) is 0 Å². The molecule has 4 rings (SSSR count). The number of anilines is 1. The SMILES string of the molecule is CCNC(=O)[C@@H](C)N(CCc1ccccc1)C(=O)CN(c1ccc(Oc2ccccc2)cc1)S(=O)(=O)c1ccccc1. The van der Waals surface area contributed by atoms with Crippen LogP contribution in [-0.4, -0.2) is 50.8 Å². The summed E-state index contributed by atoms with van der Waals surface area (Å²) in [6.07, 6.45) is 0.507. The van der Waals surface area contributed by atoms with Crippen molar-refractivity contribution in [1.82, 2.24) is 10.2 Å². The Morgan fingerprint density at radius 3 is 1.93 bits per heavy atom. The molecule has 0 unspecified atom stereocenters. The van der Waals surface area contributed by atoms with Crippen LogP contribution in [-0.2, 0) is 26.0 Å². The molecule has 8 nitrogen and oxygen atoms in total. The number of hydrogen-bond acceptors (Lipinski definition) is 5. The molecule has 0 aliphatic carbocycles. The fourth-order valence-corrected chi connectivity index (χ4v) is 5.88. The van der Waals surface area contributed by atoms with E-state index in [1.54, 1.807) is 56.3 Å². The van der Waals surface area contributed by atoms with Gasteiger partial charge in [-0.15, -0.1) is 0 Å². The topological polar surface area (TPSA) is 96.0 Å². The smallest absolute Gasteiger partial charge is 0.264 e. The van der Waals surface area contributed by atoms with Crippen molar-refractivity contribution in [2.45, 2.75) is 31.2 Å². The average molecular weight is 586 g/mol. The highest BCUT2D eigenvalue weighted by molar-refractivity contribution is 7.92. The highest BCUT2D eigenvalue weighted by Gasteiger charge is 2.32. The van der Waals surface area contributed by atoms with Gasteiger partial charge < -0.3 is 15.0 Å². The van der Waals surface area contributed by atoms with Crippen LogP contribution < -0.4 is 14.4 Å². The molecule has 0 saturated heterocycles. The number of rotatable bonds is 13. The van der Waals surface area contributed by atoms with E-state index in [1.807, 2.05) is 60.7 Å². The number of hydrogen-bond donors (Lipinski definition) is 1. The van der Waals surface area contributed by atoms with E-state index in [-0.39, 0.29) is 17.3 Å². The fourth-order valence-electron chi connectivity index (χ4n) is 4.45. The Balaban J connectivity index is 1.65. The van der Waals surface area contributed by atoms with Crippen LogP contribution in [0.3, 0.4) is 0 Å². The molecule has 0 saturated carbocycles. The van der Waals surface area contributed by atoms with Gasteiger partial charge in [-0.1, -0.05) is 66.7 Å². The second kappa shape index (κ2) is 14.3. The molecule has 42 heavy (non-hydrogen) atoms. The molecule has 218 valence electrons. The number of benzene rings is 4. The Morgan fingerprint density at radius 1 is 0.786 bits per heavy atom. The molecule has 1 N–H and O–H groups in total. The van der Waals surface area contributed by atoms with Crippen LogP contribution in [0, 0.1) is 0 Å². The van der Waals surface area contributed by atoms with Gasteiger partial charge in [-0.2, -0.15) is 0 Å². The van der Waals surface area contributed by atoms with Crippen LogP contribution in [0.5, 0.6) is 11.5 Å². The third-order valence-electron chi connectivity index (χ3n) is 6.72. The molecule has 0 bridgehead atoms. The average Bonchev–Trinajstić information content (AvgIpc) is 3.02. The lowest BCUT2D eigenvalue weighted by Gasteiger charge is -2.32. The second-order valence-corrected chi connectivity index (χ2v) is 11.5. The first-order chi connectivity index (χ1) is 20.3. The maximum atomic E-state index is 13.9. The van der Waals surface area contributed by atoms with Crippen LogP contribution >= 0.6 is 0 Å². The predicted molar refractivity (Wildman–Crippen MR) is 164 cm³/mol. The van der Waals surface area contributed by atoms with E-state index in [0.717, 1.165) is 9.87 Å². The number of carbonyl (C=O) groups excluding carboxylic acids is 2. The number of para-hydroxylation sites is 1. The molecule has 4 aromatic rings. The van der Waals surface area contributed by atoms with Crippen molar-refractivity contribution in [3.8, 4) is 11.5 Å². The van der Waals surface area contributed by atoms with E-state index >= 15 is 0 Å². The molecule has 0 radical (unpaired) electrons. The largest absolute Gasteiger partial charge is 0.457 e. The zero-order valence-corrected chi connectivity index (χ0v) is 24.5. The van der Waals surface area contributed by atoms with E-state index in [4.69, 9.17) is 4.74 Å². The Morgan fingerprint density at radius 2 is 1.33 bits per heavy atom. The molecule has 0 aliphatic rings. The number of ether oxygens (including phenoxy) is 1. The van der Waals surface area contributed by atoms with Gasteiger partial charge in [0.2, 0.25) is 11.8 Å². The molecule has 0 fully saturated rings. The molecule has 9 heteroatoms.